The molecule has 0 saturated heterocycles. The number of anilines is 2. The fraction of sp³-hybridized carbons (Fsp3) is 0.158. The fourth-order valence-electron chi connectivity index (χ4n) is 2.92. The first-order valence-corrected chi connectivity index (χ1v) is 8.78. The van der Waals surface area contributed by atoms with Crippen molar-refractivity contribution in [2.75, 3.05) is 10.6 Å². The molecule has 1 aromatic heterocycles. The van der Waals surface area contributed by atoms with Gasteiger partial charge in [0.15, 0.2) is 5.82 Å². The van der Waals surface area contributed by atoms with Gasteiger partial charge in [-0.2, -0.15) is 4.98 Å². The number of halogens is 1. The zero-order valence-electron chi connectivity index (χ0n) is 14.4. The Morgan fingerprint density at radius 2 is 2.04 bits per heavy atom. The Morgan fingerprint density at radius 3 is 2.81 bits per heavy atom. The van der Waals surface area contributed by atoms with Crippen molar-refractivity contribution < 1.29 is 9.59 Å². The second kappa shape index (κ2) is 6.85. The van der Waals surface area contributed by atoms with E-state index in [1.54, 1.807) is 12.1 Å². The summed E-state index contributed by atoms with van der Waals surface area (Å²) in [6, 6.07) is 14.0. The third kappa shape index (κ3) is 3.41. The maximum Gasteiger partial charge on any atom is 0.252 e. The van der Waals surface area contributed by atoms with Crippen molar-refractivity contribution in [2.24, 2.45) is 0 Å². The number of carbonyl (C=O) groups is 2. The summed E-state index contributed by atoms with van der Waals surface area (Å²) in [5.74, 6) is 0.241. The monoisotopic (exact) mass is 381 g/mol. The molecule has 0 fully saturated rings. The summed E-state index contributed by atoms with van der Waals surface area (Å²) in [4.78, 5) is 29.1. The van der Waals surface area contributed by atoms with Gasteiger partial charge in [0.25, 0.3) is 5.91 Å². The van der Waals surface area contributed by atoms with E-state index < -0.39 is 6.04 Å². The lowest BCUT2D eigenvalue weighted by Crippen LogP contribution is -2.24. The van der Waals surface area contributed by atoms with E-state index in [9.17, 15) is 9.59 Å². The van der Waals surface area contributed by atoms with Crippen molar-refractivity contribution in [3.05, 3.63) is 59.1 Å². The van der Waals surface area contributed by atoms with Gasteiger partial charge in [-0.1, -0.05) is 48.0 Å². The standard InChI is InChI=1S/C19H16ClN5O2/c1-11-7-8-13(20)9-14(11)21-16(26)10-15-18(27)23-19-22-17(24-25(15)19)12-5-3-2-4-6-12/h2-9,15H,10H2,1H3,(H,21,26)(H,22,23,24,27)/t15-/m1/s1. The molecule has 2 N–H and O–H groups in total. The van der Waals surface area contributed by atoms with Crippen molar-refractivity contribution in [3.8, 4) is 11.4 Å². The molecule has 0 radical (unpaired) electrons. The first-order chi connectivity index (χ1) is 13.0. The zero-order valence-corrected chi connectivity index (χ0v) is 15.2. The summed E-state index contributed by atoms with van der Waals surface area (Å²) in [5.41, 5.74) is 2.34. The molecule has 7 nitrogen and oxygen atoms in total. The van der Waals surface area contributed by atoms with Gasteiger partial charge in [0.2, 0.25) is 11.9 Å². The molecule has 4 rings (SSSR count). The van der Waals surface area contributed by atoms with Crippen LogP contribution in [-0.2, 0) is 9.59 Å². The summed E-state index contributed by atoms with van der Waals surface area (Å²) in [6.45, 7) is 1.87. The van der Waals surface area contributed by atoms with E-state index >= 15 is 0 Å². The summed E-state index contributed by atoms with van der Waals surface area (Å²) >= 11 is 5.98. The molecule has 0 aliphatic carbocycles. The van der Waals surface area contributed by atoms with E-state index in [1.807, 2.05) is 43.3 Å². The summed E-state index contributed by atoms with van der Waals surface area (Å²) in [6.07, 6.45) is -0.0532. The molecule has 8 heteroatoms. The zero-order chi connectivity index (χ0) is 19.0. The molecule has 0 bridgehead atoms. The molecule has 1 atom stereocenters. The highest BCUT2D eigenvalue weighted by molar-refractivity contribution is 6.31. The van der Waals surface area contributed by atoms with E-state index in [1.165, 1.54) is 4.68 Å². The van der Waals surface area contributed by atoms with Crippen molar-refractivity contribution in [1.29, 1.82) is 0 Å². The number of nitrogens with one attached hydrogen (secondary N) is 2. The minimum atomic E-state index is -0.746. The molecule has 27 heavy (non-hydrogen) atoms. The maximum absolute atomic E-state index is 12.5. The van der Waals surface area contributed by atoms with Crippen LogP contribution in [0, 0.1) is 6.92 Å². The Kier molecular flexibility index (Phi) is 4.37. The number of benzene rings is 2. The van der Waals surface area contributed by atoms with Gasteiger partial charge in [0.1, 0.15) is 6.04 Å². The second-order valence-corrected chi connectivity index (χ2v) is 6.72. The van der Waals surface area contributed by atoms with Crippen molar-refractivity contribution in [3.63, 3.8) is 0 Å². The second-order valence-electron chi connectivity index (χ2n) is 6.29. The number of carbonyl (C=O) groups excluding carboxylic acids is 2. The SMILES string of the molecule is Cc1ccc(Cl)cc1NC(=O)C[C@@H]1C(=O)Nc2nc(-c3ccccc3)nn21. The summed E-state index contributed by atoms with van der Waals surface area (Å²) in [7, 11) is 0. The van der Waals surface area contributed by atoms with Crippen LogP contribution in [0.4, 0.5) is 11.6 Å². The normalized spacial score (nSPS) is 15.3. The van der Waals surface area contributed by atoms with Gasteiger partial charge in [-0.15, -0.1) is 5.10 Å². The lowest BCUT2D eigenvalue weighted by molar-refractivity contribution is -0.123. The predicted octanol–water partition coefficient (Wildman–Crippen LogP) is 3.43. The smallest absolute Gasteiger partial charge is 0.252 e. The van der Waals surface area contributed by atoms with Crippen molar-refractivity contribution in [1.82, 2.24) is 14.8 Å². The summed E-state index contributed by atoms with van der Waals surface area (Å²) in [5, 5.41) is 10.4. The molecule has 1 aliphatic heterocycles. The third-order valence-electron chi connectivity index (χ3n) is 4.35. The molecule has 0 saturated carbocycles. The largest absolute Gasteiger partial charge is 0.326 e. The Labute approximate surface area is 160 Å². The van der Waals surface area contributed by atoms with Crippen LogP contribution in [-0.4, -0.2) is 26.6 Å². The number of amides is 2. The van der Waals surface area contributed by atoms with Crippen LogP contribution < -0.4 is 10.6 Å². The lowest BCUT2D eigenvalue weighted by Gasteiger charge is -2.11. The van der Waals surface area contributed by atoms with Crippen molar-refractivity contribution >= 4 is 35.1 Å². The molecule has 136 valence electrons. The molecule has 2 aromatic carbocycles. The average molecular weight is 382 g/mol. The summed E-state index contributed by atoms with van der Waals surface area (Å²) < 4.78 is 1.47. The number of hydrogen-bond donors (Lipinski definition) is 2. The predicted molar refractivity (Wildman–Crippen MR) is 103 cm³/mol. The first kappa shape index (κ1) is 17.2. The van der Waals surface area contributed by atoms with Gasteiger partial charge in [-0.3, -0.25) is 14.9 Å². The van der Waals surface area contributed by atoms with Gasteiger partial charge in [0, 0.05) is 16.3 Å². The molecule has 2 amide bonds. The molecular formula is C19H16ClN5O2. The van der Waals surface area contributed by atoms with Crippen LogP contribution in [0.2, 0.25) is 5.02 Å². The average Bonchev–Trinajstić information content (AvgIpc) is 3.18. The molecule has 0 unspecified atom stereocenters. The van der Waals surface area contributed by atoms with Gasteiger partial charge in [0.05, 0.1) is 6.42 Å². The highest BCUT2D eigenvalue weighted by Gasteiger charge is 2.35. The van der Waals surface area contributed by atoms with Crippen LogP contribution in [0.1, 0.15) is 18.0 Å². The minimum absolute atomic E-state index is 0.0532. The number of fused-ring (bicyclic) bond motifs is 1. The van der Waals surface area contributed by atoms with Crippen molar-refractivity contribution in [2.45, 2.75) is 19.4 Å². The topological polar surface area (TPSA) is 88.9 Å². The number of hydrogen-bond acceptors (Lipinski definition) is 4. The Bertz CT molecular complexity index is 1030. The van der Waals surface area contributed by atoms with Crippen LogP contribution in [0.3, 0.4) is 0 Å². The number of aryl methyl sites for hydroxylation is 1. The van der Waals surface area contributed by atoms with Gasteiger partial charge >= 0.3 is 0 Å². The van der Waals surface area contributed by atoms with E-state index in [4.69, 9.17) is 11.6 Å². The molecule has 3 aromatic rings. The van der Waals surface area contributed by atoms with Crippen LogP contribution in [0.25, 0.3) is 11.4 Å². The van der Waals surface area contributed by atoms with Gasteiger partial charge < -0.3 is 5.32 Å². The number of nitrogens with zero attached hydrogens (tertiary/aromatic N) is 3. The molecule has 0 spiro atoms. The lowest BCUT2D eigenvalue weighted by atomic mass is 10.1. The minimum Gasteiger partial charge on any atom is -0.326 e. The van der Waals surface area contributed by atoms with E-state index in [0.29, 0.717) is 22.5 Å². The van der Waals surface area contributed by atoms with Crippen LogP contribution >= 0.6 is 11.6 Å². The number of aromatic nitrogens is 3. The van der Waals surface area contributed by atoms with Gasteiger partial charge in [-0.25, -0.2) is 4.68 Å². The van der Waals surface area contributed by atoms with Crippen LogP contribution in [0.5, 0.6) is 0 Å². The molecular weight excluding hydrogens is 366 g/mol. The fourth-order valence-corrected chi connectivity index (χ4v) is 3.10. The first-order valence-electron chi connectivity index (χ1n) is 8.40. The Balaban J connectivity index is 1.53. The van der Waals surface area contributed by atoms with E-state index in [-0.39, 0.29) is 18.2 Å². The Morgan fingerprint density at radius 1 is 1.26 bits per heavy atom. The molecule has 2 heterocycles. The third-order valence-corrected chi connectivity index (χ3v) is 4.58. The van der Waals surface area contributed by atoms with Gasteiger partial charge in [-0.05, 0) is 24.6 Å². The quantitative estimate of drug-likeness (QED) is 0.724. The molecule has 1 aliphatic rings. The maximum atomic E-state index is 12.5. The van der Waals surface area contributed by atoms with Crippen LogP contribution in [0.15, 0.2) is 48.5 Å². The number of rotatable bonds is 4. The van der Waals surface area contributed by atoms with E-state index in [0.717, 1.165) is 11.1 Å². The highest BCUT2D eigenvalue weighted by Crippen LogP contribution is 2.29. The van der Waals surface area contributed by atoms with E-state index in [2.05, 4.69) is 20.7 Å². The Hall–Kier alpha value is -3.19. The highest BCUT2D eigenvalue weighted by atomic mass is 35.5.